The van der Waals surface area contributed by atoms with Crippen LogP contribution in [0.3, 0.4) is 0 Å². The van der Waals surface area contributed by atoms with E-state index >= 15 is 0 Å². The number of rotatable bonds is 2. The van der Waals surface area contributed by atoms with E-state index in [0.29, 0.717) is 10.6 Å². The van der Waals surface area contributed by atoms with Crippen molar-refractivity contribution in [2.24, 2.45) is 11.8 Å². The molecule has 0 saturated heterocycles. The van der Waals surface area contributed by atoms with Gasteiger partial charge in [-0.05, 0) is 30.7 Å². The van der Waals surface area contributed by atoms with Crippen LogP contribution in [-0.2, 0) is 0 Å². The molecule has 0 spiro atoms. The van der Waals surface area contributed by atoms with Crippen molar-refractivity contribution in [2.75, 3.05) is 0 Å². The van der Waals surface area contributed by atoms with Gasteiger partial charge in [-0.3, -0.25) is 4.79 Å². The number of Topliss-reactive ketones (excluding diaryl/α,β-unsaturated/α-hetero) is 1. The molecule has 0 N–H and O–H groups in total. The monoisotopic (exact) mass is 248 g/mol. The Labute approximate surface area is 95.2 Å². The van der Waals surface area contributed by atoms with E-state index in [9.17, 15) is 18.0 Å². The summed E-state index contributed by atoms with van der Waals surface area (Å²) in [6.45, 7) is 0. The van der Waals surface area contributed by atoms with Gasteiger partial charge in [0.1, 0.15) is 0 Å². The number of carbonyl (C=O) groups is 1. The molecule has 0 aromatic heterocycles. The van der Waals surface area contributed by atoms with Crippen LogP contribution in [0.1, 0.15) is 16.8 Å². The van der Waals surface area contributed by atoms with Crippen molar-refractivity contribution in [1.29, 1.82) is 0 Å². The van der Waals surface area contributed by atoms with Crippen LogP contribution >= 0.6 is 11.6 Å². The molecule has 1 saturated carbocycles. The second-order valence-electron chi connectivity index (χ2n) is 3.86. The zero-order valence-electron chi connectivity index (χ0n) is 8.09. The summed E-state index contributed by atoms with van der Waals surface area (Å²) in [6, 6.07) is 5.91. The number of benzene rings is 1. The van der Waals surface area contributed by atoms with Crippen LogP contribution < -0.4 is 0 Å². The quantitative estimate of drug-likeness (QED) is 0.729. The van der Waals surface area contributed by atoms with Crippen molar-refractivity contribution in [3.63, 3.8) is 0 Å². The number of hydrogen-bond donors (Lipinski definition) is 0. The zero-order valence-corrected chi connectivity index (χ0v) is 8.85. The average molecular weight is 249 g/mol. The molecule has 2 atom stereocenters. The lowest BCUT2D eigenvalue weighted by Crippen LogP contribution is -2.15. The first kappa shape index (κ1) is 11.5. The third-order valence-corrected chi connectivity index (χ3v) is 2.93. The normalized spacial score (nSPS) is 24.2. The Kier molecular flexibility index (Phi) is 2.70. The molecule has 16 heavy (non-hydrogen) atoms. The van der Waals surface area contributed by atoms with Crippen molar-refractivity contribution < 1.29 is 18.0 Å². The molecule has 0 aliphatic heterocycles. The molecule has 1 nitrogen and oxygen atoms in total. The number of hydrogen-bond acceptors (Lipinski definition) is 1. The highest BCUT2D eigenvalue weighted by Crippen LogP contribution is 2.51. The first-order chi connectivity index (χ1) is 7.39. The average Bonchev–Trinajstić information content (AvgIpc) is 2.96. The standard InChI is InChI=1S/C11H8ClF3O/c12-7-3-1-6(2-4-7)10(16)8-5-9(8)11(13,14)15/h1-4,8-9H,5H2/t8-,9-/m1/s1. The second-order valence-corrected chi connectivity index (χ2v) is 4.30. The van der Waals surface area contributed by atoms with Crippen molar-refractivity contribution in [2.45, 2.75) is 12.6 Å². The minimum absolute atomic E-state index is 0.0923. The maximum Gasteiger partial charge on any atom is 0.392 e. The van der Waals surface area contributed by atoms with Gasteiger partial charge >= 0.3 is 6.18 Å². The van der Waals surface area contributed by atoms with Gasteiger partial charge in [0.05, 0.1) is 5.92 Å². The maximum absolute atomic E-state index is 12.3. The molecule has 2 rings (SSSR count). The first-order valence-corrected chi connectivity index (χ1v) is 5.14. The summed E-state index contributed by atoms with van der Waals surface area (Å²) in [5.74, 6) is -2.81. The van der Waals surface area contributed by atoms with Gasteiger partial charge in [0.25, 0.3) is 0 Å². The Balaban J connectivity index is 2.08. The van der Waals surface area contributed by atoms with Gasteiger partial charge in [0, 0.05) is 16.5 Å². The molecule has 0 radical (unpaired) electrons. The molecule has 0 bridgehead atoms. The number of carbonyl (C=O) groups excluding carboxylic acids is 1. The minimum atomic E-state index is -4.26. The van der Waals surface area contributed by atoms with Crippen molar-refractivity contribution >= 4 is 17.4 Å². The molecule has 1 aliphatic rings. The lowest BCUT2D eigenvalue weighted by molar-refractivity contribution is -0.149. The fraction of sp³-hybridized carbons (Fsp3) is 0.364. The van der Waals surface area contributed by atoms with Crippen LogP contribution in [0, 0.1) is 11.8 Å². The predicted octanol–water partition coefficient (Wildman–Crippen LogP) is 3.72. The van der Waals surface area contributed by atoms with Crippen LogP contribution in [-0.4, -0.2) is 12.0 Å². The third kappa shape index (κ3) is 2.21. The van der Waals surface area contributed by atoms with Gasteiger partial charge in [-0.2, -0.15) is 13.2 Å². The summed E-state index contributed by atoms with van der Waals surface area (Å²) in [5, 5.41) is 0.458. The van der Waals surface area contributed by atoms with Gasteiger partial charge < -0.3 is 0 Å². The highest BCUT2D eigenvalue weighted by molar-refractivity contribution is 6.30. The predicted molar refractivity (Wildman–Crippen MR) is 53.4 cm³/mol. The third-order valence-electron chi connectivity index (χ3n) is 2.68. The molecule has 1 aliphatic carbocycles. The van der Waals surface area contributed by atoms with E-state index in [-0.39, 0.29) is 6.42 Å². The van der Waals surface area contributed by atoms with Crippen molar-refractivity contribution in [1.82, 2.24) is 0 Å². The second kappa shape index (κ2) is 3.77. The zero-order chi connectivity index (χ0) is 11.9. The van der Waals surface area contributed by atoms with Crippen LogP contribution in [0.2, 0.25) is 5.02 Å². The molecule has 0 heterocycles. The van der Waals surface area contributed by atoms with E-state index in [2.05, 4.69) is 0 Å². The molecular weight excluding hydrogens is 241 g/mol. The van der Waals surface area contributed by atoms with Gasteiger partial charge in [-0.25, -0.2) is 0 Å². The topological polar surface area (TPSA) is 17.1 Å². The van der Waals surface area contributed by atoms with Crippen molar-refractivity contribution in [3.05, 3.63) is 34.9 Å². The molecule has 1 fully saturated rings. The number of ketones is 1. The Morgan fingerprint density at radius 2 is 1.81 bits per heavy atom. The van der Waals surface area contributed by atoms with E-state index in [1.165, 1.54) is 24.3 Å². The summed E-state index contributed by atoms with van der Waals surface area (Å²) in [5.41, 5.74) is 0.293. The van der Waals surface area contributed by atoms with E-state index in [1.807, 2.05) is 0 Å². The molecular formula is C11H8ClF3O. The number of halogens is 4. The largest absolute Gasteiger partial charge is 0.392 e. The van der Waals surface area contributed by atoms with Crippen LogP contribution in [0.25, 0.3) is 0 Å². The lowest BCUT2D eigenvalue weighted by Gasteiger charge is -2.04. The molecule has 1 aromatic rings. The Morgan fingerprint density at radius 3 is 2.25 bits per heavy atom. The summed E-state index contributed by atoms with van der Waals surface area (Å²) in [6.07, 6.45) is -4.35. The molecule has 86 valence electrons. The summed E-state index contributed by atoms with van der Waals surface area (Å²) < 4.78 is 36.8. The number of alkyl halides is 3. The molecule has 0 unspecified atom stereocenters. The van der Waals surface area contributed by atoms with Crippen molar-refractivity contribution in [3.8, 4) is 0 Å². The van der Waals surface area contributed by atoms with E-state index in [0.717, 1.165) is 0 Å². The van der Waals surface area contributed by atoms with Gasteiger partial charge in [-0.1, -0.05) is 11.6 Å². The summed E-state index contributed by atoms with van der Waals surface area (Å²) >= 11 is 5.62. The van der Waals surface area contributed by atoms with Gasteiger partial charge in [-0.15, -0.1) is 0 Å². The highest BCUT2D eigenvalue weighted by atomic mass is 35.5. The summed E-state index contributed by atoms with van der Waals surface area (Å²) in [7, 11) is 0. The molecule has 1 aromatic carbocycles. The SMILES string of the molecule is O=C(c1ccc(Cl)cc1)[C@@H]1C[C@H]1C(F)(F)F. The lowest BCUT2D eigenvalue weighted by atomic mass is 10.1. The molecule has 5 heteroatoms. The summed E-state index contributed by atoms with van der Waals surface area (Å²) in [4.78, 5) is 11.6. The fourth-order valence-corrected chi connectivity index (χ4v) is 1.80. The van der Waals surface area contributed by atoms with Crippen LogP contribution in [0.5, 0.6) is 0 Å². The van der Waals surface area contributed by atoms with Crippen LogP contribution in [0.4, 0.5) is 13.2 Å². The Morgan fingerprint density at radius 1 is 1.25 bits per heavy atom. The maximum atomic E-state index is 12.3. The Hall–Kier alpha value is -1.03. The fourth-order valence-electron chi connectivity index (χ4n) is 1.67. The van der Waals surface area contributed by atoms with E-state index in [4.69, 9.17) is 11.6 Å². The minimum Gasteiger partial charge on any atom is -0.294 e. The first-order valence-electron chi connectivity index (χ1n) is 4.76. The van der Waals surface area contributed by atoms with Crippen LogP contribution in [0.15, 0.2) is 24.3 Å². The van der Waals surface area contributed by atoms with E-state index < -0.39 is 23.8 Å². The Bertz CT molecular complexity index is 410. The van der Waals surface area contributed by atoms with E-state index in [1.54, 1.807) is 0 Å². The van der Waals surface area contributed by atoms with Gasteiger partial charge in [0.15, 0.2) is 5.78 Å². The smallest absolute Gasteiger partial charge is 0.294 e. The van der Waals surface area contributed by atoms with Gasteiger partial charge in [0.2, 0.25) is 0 Å². The molecule has 0 amide bonds. The highest BCUT2D eigenvalue weighted by Gasteiger charge is 2.58.